The third-order valence-electron chi connectivity index (χ3n) is 3.46. The lowest BCUT2D eigenvalue weighted by molar-refractivity contribution is 0.100. The van der Waals surface area contributed by atoms with E-state index in [1.54, 1.807) is 12.1 Å². The summed E-state index contributed by atoms with van der Waals surface area (Å²) >= 11 is 0. The number of primary amides is 1. The maximum atomic E-state index is 11.2. The van der Waals surface area contributed by atoms with E-state index in [0.29, 0.717) is 17.2 Å². The SMILES string of the molecule is CCCCC(CC)CNc1ccc(N)c(C(N)=O)c1. The molecule has 0 fully saturated rings. The van der Waals surface area contributed by atoms with Gasteiger partial charge in [0.2, 0.25) is 0 Å². The number of amides is 1. The standard InChI is InChI=1S/C15H25N3O/c1-3-5-6-11(4-2)10-18-12-7-8-14(16)13(9-12)15(17)19/h7-9,11,18H,3-6,10,16H2,1-2H3,(H2,17,19). The van der Waals surface area contributed by atoms with Gasteiger partial charge in [-0.25, -0.2) is 0 Å². The highest BCUT2D eigenvalue weighted by Gasteiger charge is 2.09. The molecule has 0 bridgehead atoms. The normalized spacial score (nSPS) is 12.1. The van der Waals surface area contributed by atoms with Crippen molar-refractivity contribution in [2.75, 3.05) is 17.6 Å². The molecule has 0 aromatic heterocycles. The number of carbonyl (C=O) groups excluding carboxylic acids is 1. The molecule has 1 atom stereocenters. The third-order valence-corrected chi connectivity index (χ3v) is 3.46. The van der Waals surface area contributed by atoms with Crippen molar-refractivity contribution in [3.8, 4) is 0 Å². The average Bonchev–Trinajstić information content (AvgIpc) is 2.40. The van der Waals surface area contributed by atoms with Gasteiger partial charge >= 0.3 is 0 Å². The summed E-state index contributed by atoms with van der Waals surface area (Å²) in [7, 11) is 0. The number of hydrogen-bond donors (Lipinski definition) is 3. The fourth-order valence-electron chi connectivity index (χ4n) is 2.09. The monoisotopic (exact) mass is 263 g/mol. The van der Waals surface area contributed by atoms with Crippen LogP contribution in [0.15, 0.2) is 18.2 Å². The molecular weight excluding hydrogens is 238 g/mol. The first-order valence-corrected chi connectivity index (χ1v) is 7.01. The lowest BCUT2D eigenvalue weighted by Crippen LogP contribution is -2.16. The highest BCUT2D eigenvalue weighted by atomic mass is 16.1. The number of unbranched alkanes of at least 4 members (excludes halogenated alkanes) is 1. The Labute approximate surface area is 115 Å². The van der Waals surface area contributed by atoms with Gasteiger partial charge in [-0.05, 0) is 30.5 Å². The van der Waals surface area contributed by atoms with Crippen LogP contribution in [0.5, 0.6) is 0 Å². The zero-order valence-electron chi connectivity index (χ0n) is 11.9. The van der Waals surface area contributed by atoms with E-state index in [2.05, 4.69) is 19.2 Å². The largest absolute Gasteiger partial charge is 0.398 e. The molecule has 5 N–H and O–H groups in total. The Balaban J connectivity index is 2.61. The Morgan fingerprint density at radius 2 is 2.11 bits per heavy atom. The van der Waals surface area contributed by atoms with Gasteiger partial charge in [-0.1, -0.05) is 33.1 Å². The van der Waals surface area contributed by atoms with Crippen molar-refractivity contribution >= 4 is 17.3 Å². The van der Waals surface area contributed by atoms with Crippen molar-refractivity contribution in [3.05, 3.63) is 23.8 Å². The van der Waals surface area contributed by atoms with Gasteiger partial charge < -0.3 is 16.8 Å². The van der Waals surface area contributed by atoms with Crippen LogP contribution in [0.3, 0.4) is 0 Å². The van der Waals surface area contributed by atoms with Gasteiger partial charge in [0.15, 0.2) is 0 Å². The molecule has 0 aliphatic carbocycles. The van der Waals surface area contributed by atoms with Gasteiger partial charge in [0, 0.05) is 17.9 Å². The molecule has 1 aromatic carbocycles. The van der Waals surface area contributed by atoms with E-state index in [-0.39, 0.29) is 0 Å². The molecular formula is C15H25N3O. The molecule has 0 heterocycles. The topological polar surface area (TPSA) is 81.1 Å². The van der Waals surface area contributed by atoms with Gasteiger partial charge in [-0.15, -0.1) is 0 Å². The molecule has 0 aliphatic rings. The molecule has 1 unspecified atom stereocenters. The highest BCUT2D eigenvalue weighted by molar-refractivity contribution is 5.98. The van der Waals surface area contributed by atoms with Crippen LogP contribution < -0.4 is 16.8 Å². The molecule has 0 saturated carbocycles. The third kappa shape index (κ3) is 4.81. The van der Waals surface area contributed by atoms with Crippen molar-refractivity contribution in [2.24, 2.45) is 11.7 Å². The second-order valence-electron chi connectivity index (χ2n) is 4.96. The Morgan fingerprint density at radius 3 is 2.68 bits per heavy atom. The van der Waals surface area contributed by atoms with Gasteiger partial charge in [0.1, 0.15) is 0 Å². The number of benzene rings is 1. The molecule has 0 aliphatic heterocycles. The molecule has 1 aromatic rings. The van der Waals surface area contributed by atoms with E-state index in [0.717, 1.165) is 18.7 Å². The zero-order chi connectivity index (χ0) is 14.3. The smallest absolute Gasteiger partial charge is 0.250 e. The van der Waals surface area contributed by atoms with Crippen LogP contribution in [0.2, 0.25) is 0 Å². The number of anilines is 2. The Kier molecular flexibility index (Phi) is 6.19. The first-order chi connectivity index (χ1) is 9.08. The lowest BCUT2D eigenvalue weighted by atomic mass is 9.99. The molecule has 4 heteroatoms. The van der Waals surface area contributed by atoms with Crippen molar-refractivity contribution in [3.63, 3.8) is 0 Å². The van der Waals surface area contributed by atoms with E-state index in [9.17, 15) is 4.79 Å². The maximum absolute atomic E-state index is 11.2. The molecule has 1 amide bonds. The van der Waals surface area contributed by atoms with Crippen LogP contribution in [0.1, 0.15) is 49.9 Å². The van der Waals surface area contributed by atoms with E-state index in [1.165, 1.54) is 19.3 Å². The Bertz CT molecular complexity index is 418. The number of carbonyl (C=O) groups is 1. The fourth-order valence-corrected chi connectivity index (χ4v) is 2.09. The predicted molar refractivity (Wildman–Crippen MR) is 81.2 cm³/mol. The minimum atomic E-state index is -0.487. The first kappa shape index (κ1) is 15.3. The number of nitrogens with two attached hydrogens (primary N) is 2. The quantitative estimate of drug-likeness (QED) is 0.631. The Morgan fingerprint density at radius 1 is 1.37 bits per heavy atom. The molecule has 0 spiro atoms. The van der Waals surface area contributed by atoms with E-state index >= 15 is 0 Å². The fraction of sp³-hybridized carbons (Fsp3) is 0.533. The summed E-state index contributed by atoms with van der Waals surface area (Å²) in [6.07, 6.45) is 4.88. The van der Waals surface area contributed by atoms with Crippen LogP contribution >= 0.6 is 0 Å². The second kappa shape index (κ2) is 7.67. The summed E-state index contributed by atoms with van der Waals surface area (Å²) in [4.78, 5) is 11.2. The molecule has 0 saturated heterocycles. The molecule has 19 heavy (non-hydrogen) atoms. The van der Waals surface area contributed by atoms with Crippen molar-refractivity contribution < 1.29 is 4.79 Å². The lowest BCUT2D eigenvalue weighted by Gasteiger charge is -2.16. The minimum Gasteiger partial charge on any atom is -0.398 e. The predicted octanol–water partition coefficient (Wildman–Crippen LogP) is 3.00. The molecule has 4 nitrogen and oxygen atoms in total. The Hall–Kier alpha value is -1.71. The number of hydrogen-bond acceptors (Lipinski definition) is 3. The minimum absolute atomic E-state index is 0.381. The first-order valence-electron chi connectivity index (χ1n) is 7.01. The average molecular weight is 263 g/mol. The van der Waals surface area contributed by atoms with Gasteiger partial charge in [0.05, 0.1) is 5.56 Å². The summed E-state index contributed by atoms with van der Waals surface area (Å²) in [5.74, 6) is 0.175. The molecule has 1 rings (SSSR count). The van der Waals surface area contributed by atoms with Gasteiger partial charge in [0.25, 0.3) is 5.91 Å². The summed E-state index contributed by atoms with van der Waals surface area (Å²) in [6, 6.07) is 5.33. The zero-order valence-corrected chi connectivity index (χ0v) is 11.9. The van der Waals surface area contributed by atoms with Gasteiger partial charge in [-0.2, -0.15) is 0 Å². The number of nitrogen functional groups attached to an aromatic ring is 1. The molecule has 106 valence electrons. The maximum Gasteiger partial charge on any atom is 0.250 e. The van der Waals surface area contributed by atoms with Crippen LogP contribution in [0.25, 0.3) is 0 Å². The highest BCUT2D eigenvalue weighted by Crippen LogP contribution is 2.19. The van der Waals surface area contributed by atoms with Crippen molar-refractivity contribution in [2.45, 2.75) is 39.5 Å². The molecule has 0 radical (unpaired) electrons. The van der Waals surface area contributed by atoms with Gasteiger partial charge in [-0.3, -0.25) is 4.79 Å². The van der Waals surface area contributed by atoms with E-state index in [4.69, 9.17) is 11.5 Å². The van der Waals surface area contributed by atoms with E-state index in [1.807, 2.05) is 6.07 Å². The number of nitrogens with one attached hydrogen (secondary N) is 1. The summed E-state index contributed by atoms with van der Waals surface area (Å²) in [5.41, 5.74) is 12.7. The summed E-state index contributed by atoms with van der Waals surface area (Å²) in [6.45, 7) is 5.33. The van der Waals surface area contributed by atoms with Crippen LogP contribution in [0, 0.1) is 5.92 Å². The van der Waals surface area contributed by atoms with Crippen LogP contribution in [0.4, 0.5) is 11.4 Å². The summed E-state index contributed by atoms with van der Waals surface area (Å²) in [5, 5.41) is 3.36. The van der Waals surface area contributed by atoms with Crippen molar-refractivity contribution in [1.29, 1.82) is 0 Å². The summed E-state index contributed by atoms with van der Waals surface area (Å²) < 4.78 is 0. The number of rotatable bonds is 8. The van der Waals surface area contributed by atoms with E-state index < -0.39 is 5.91 Å². The van der Waals surface area contributed by atoms with Crippen LogP contribution in [-0.4, -0.2) is 12.5 Å². The van der Waals surface area contributed by atoms with Crippen LogP contribution in [-0.2, 0) is 0 Å². The second-order valence-corrected chi connectivity index (χ2v) is 4.96. The van der Waals surface area contributed by atoms with Crippen molar-refractivity contribution in [1.82, 2.24) is 0 Å².